The molecule has 2 aromatic carbocycles. The number of rotatable bonds is 8. The Labute approximate surface area is 193 Å². The van der Waals surface area contributed by atoms with Crippen LogP contribution in [0.2, 0.25) is 5.02 Å². The van der Waals surface area contributed by atoms with Crippen LogP contribution in [0, 0.1) is 0 Å². The Morgan fingerprint density at radius 2 is 2.00 bits per heavy atom. The topological polar surface area (TPSA) is 155 Å². The molecule has 10 heteroatoms. The van der Waals surface area contributed by atoms with Crippen molar-refractivity contribution in [3.63, 3.8) is 0 Å². The summed E-state index contributed by atoms with van der Waals surface area (Å²) in [6.45, 7) is -0.340. The van der Waals surface area contributed by atoms with Crippen LogP contribution in [0.5, 0.6) is 5.75 Å². The van der Waals surface area contributed by atoms with Crippen molar-refractivity contribution in [2.24, 2.45) is 5.73 Å². The zero-order valence-electron chi connectivity index (χ0n) is 17.5. The van der Waals surface area contributed by atoms with Gasteiger partial charge >= 0.3 is 11.9 Å². The second-order valence-corrected chi connectivity index (χ2v) is 8.35. The van der Waals surface area contributed by atoms with Crippen molar-refractivity contribution in [1.82, 2.24) is 4.98 Å². The molecule has 4 rings (SSSR count). The highest BCUT2D eigenvalue weighted by Crippen LogP contribution is 2.42. The minimum Gasteiger partial charge on any atom is -0.480 e. The first-order chi connectivity index (χ1) is 15.8. The van der Waals surface area contributed by atoms with E-state index in [4.69, 9.17) is 27.2 Å². The molecule has 1 amide bonds. The summed E-state index contributed by atoms with van der Waals surface area (Å²) < 4.78 is 5.31. The molecule has 0 spiro atoms. The molecule has 0 saturated carbocycles. The summed E-state index contributed by atoms with van der Waals surface area (Å²) in [6.07, 6.45) is 1.30. The van der Waals surface area contributed by atoms with E-state index < -0.39 is 18.5 Å². The number of benzene rings is 2. The maximum atomic E-state index is 12.9. The second-order valence-electron chi connectivity index (χ2n) is 7.91. The number of anilines is 1. The third-order valence-electron chi connectivity index (χ3n) is 5.71. The molecule has 1 atom stereocenters. The number of halogens is 1. The van der Waals surface area contributed by atoms with Gasteiger partial charge in [-0.3, -0.25) is 4.79 Å². The van der Waals surface area contributed by atoms with Gasteiger partial charge in [-0.2, -0.15) is 0 Å². The van der Waals surface area contributed by atoms with Crippen molar-refractivity contribution >= 4 is 46.0 Å². The van der Waals surface area contributed by atoms with E-state index in [9.17, 15) is 19.5 Å². The van der Waals surface area contributed by atoms with Gasteiger partial charge in [0.05, 0.1) is 5.69 Å². The van der Waals surface area contributed by atoms with Gasteiger partial charge in [-0.15, -0.1) is 0 Å². The van der Waals surface area contributed by atoms with Crippen LogP contribution in [-0.2, 0) is 22.6 Å². The number of H-pyrrole nitrogens is 1. The monoisotopic (exact) mass is 471 g/mol. The largest absolute Gasteiger partial charge is 0.480 e. The van der Waals surface area contributed by atoms with Gasteiger partial charge in [-0.05, 0) is 59.7 Å². The summed E-state index contributed by atoms with van der Waals surface area (Å²) in [6, 6.07) is 8.41. The van der Waals surface area contributed by atoms with Crippen LogP contribution in [-0.4, -0.2) is 39.6 Å². The number of nitrogens with one attached hydrogen (secondary N) is 2. The molecule has 0 bridgehead atoms. The number of nitrogens with two attached hydrogens (primary N) is 1. The van der Waals surface area contributed by atoms with E-state index in [1.165, 1.54) is 0 Å². The number of carboxylic acid groups (broad SMARTS) is 2. The van der Waals surface area contributed by atoms with Gasteiger partial charge in [-0.25, -0.2) is 9.59 Å². The van der Waals surface area contributed by atoms with Crippen LogP contribution in [0.4, 0.5) is 5.69 Å². The Hall–Kier alpha value is -3.56. The summed E-state index contributed by atoms with van der Waals surface area (Å²) in [5.74, 6) is -2.71. The summed E-state index contributed by atoms with van der Waals surface area (Å²) >= 11 is 6.17. The van der Waals surface area contributed by atoms with Crippen molar-refractivity contribution in [3.8, 4) is 5.75 Å². The van der Waals surface area contributed by atoms with Crippen LogP contribution >= 0.6 is 11.6 Å². The zero-order valence-corrected chi connectivity index (χ0v) is 18.2. The number of aryl methyl sites for hydroxylation is 1. The van der Waals surface area contributed by atoms with E-state index in [-0.39, 0.29) is 36.2 Å². The van der Waals surface area contributed by atoms with Gasteiger partial charge in [0.1, 0.15) is 11.4 Å². The molecule has 1 heterocycles. The van der Waals surface area contributed by atoms with Crippen LogP contribution in [0.15, 0.2) is 30.3 Å². The quantitative estimate of drug-likeness (QED) is 0.336. The van der Waals surface area contributed by atoms with Crippen molar-refractivity contribution in [2.45, 2.75) is 31.7 Å². The highest BCUT2D eigenvalue weighted by molar-refractivity contribution is 6.31. The average Bonchev–Trinajstić information content (AvgIpc) is 3.15. The number of hydrogen-bond acceptors (Lipinski definition) is 5. The molecule has 33 heavy (non-hydrogen) atoms. The van der Waals surface area contributed by atoms with E-state index in [2.05, 4.69) is 10.3 Å². The molecule has 1 unspecified atom stereocenters. The van der Waals surface area contributed by atoms with E-state index >= 15 is 0 Å². The van der Waals surface area contributed by atoms with Crippen molar-refractivity contribution in [2.75, 3.05) is 11.9 Å². The fourth-order valence-corrected chi connectivity index (χ4v) is 4.58. The van der Waals surface area contributed by atoms with Crippen LogP contribution in [0.25, 0.3) is 10.9 Å². The predicted octanol–water partition coefficient (Wildman–Crippen LogP) is 3.50. The maximum absolute atomic E-state index is 12.9. The summed E-state index contributed by atoms with van der Waals surface area (Å²) in [5, 5.41) is 22.7. The van der Waals surface area contributed by atoms with E-state index in [1.807, 2.05) is 6.07 Å². The maximum Gasteiger partial charge on any atom is 0.352 e. The number of ether oxygens (including phenoxy) is 1. The molecule has 0 saturated heterocycles. The summed E-state index contributed by atoms with van der Waals surface area (Å²) in [7, 11) is 0. The smallest absolute Gasteiger partial charge is 0.352 e. The molecule has 3 aromatic rings. The number of aliphatic carboxylic acids is 1. The molecule has 0 fully saturated rings. The SMILES string of the molecule is NCc1ccc(NC(=O)CC2CCc3cc(Cl)cc4[nH]c(C(=O)O)c2c34)c(OCC(=O)O)c1. The van der Waals surface area contributed by atoms with Crippen LogP contribution in [0.1, 0.15) is 45.9 Å². The van der Waals surface area contributed by atoms with Gasteiger partial charge in [-0.1, -0.05) is 17.7 Å². The predicted molar refractivity (Wildman–Crippen MR) is 122 cm³/mol. The Morgan fingerprint density at radius 1 is 1.21 bits per heavy atom. The van der Waals surface area contributed by atoms with Gasteiger partial charge in [0.15, 0.2) is 6.61 Å². The van der Waals surface area contributed by atoms with Crippen molar-refractivity contribution in [3.05, 3.63) is 57.7 Å². The fourth-order valence-electron chi connectivity index (χ4n) is 4.34. The van der Waals surface area contributed by atoms with E-state index in [1.54, 1.807) is 24.3 Å². The first-order valence-corrected chi connectivity index (χ1v) is 10.7. The molecule has 1 aliphatic carbocycles. The first-order valence-electron chi connectivity index (χ1n) is 10.3. The Balaban J connectivity index is 1.60. The summed E-state index contributed by atoms with van der Waals surface area (Å²) in [4.78, 5) is 38.6. The van der Waals surface area contributed by atoms with Gasteiger partial charge in [0.25, 0.3) is 0 Å². The number of carboxylic acids is 2. The highest BCUT2D eigenvalue weighted by atomic mass is 35.5. The number of aromatic amines is 1. The number of aromatic nitrogens is 1. The standard InChI is InChI=1S/C23H22ClN3O6/c24-14-6-12-2-3-13(21-20(12)16(8-14)27-22(21)23(31)32)7-18(28)26-15-4-1-11(9-25)5-17(15)33-10-19(29)30/h1,4-6,8,13,27H,2-3,7,9-10,25H2,(H,26,28)(H,29,30)(H,31,32). The minimum atomic E-state index is -1.15. The number of hydrogen-bond donors (Lipinski definition) is 5. The zero-order chi connectivity index (χ0) is 23.7. The van der Waals surface area contributed by atoms with Crippen LogP contribution in [0.3, 0.4) is 0 Å². The van der Waals surface area contributed by atoms with Gasteiger partial charge in [0, 0.05) is 28.9 Å². The lowest BCUT2D eigenvalue weighted by atomic mass is 9.81. The number of carbonyl (C=O) groups is 3. The lowest BCUT2D eigenvalue weighted by Crippen LogP contribution is -2.20. The molecular weight excluding hydrogens is 450 g/mol. The molecule has 0 radical (unpaired) electrons. The molecule has 0 aliphatic heterocycles. The Kier molecular flexibility index (Phi) is 6.26. The lowest BCUT2D eigenvalue weighted by molar-refractivity contribution is -0.139. The van der Waals surface area contributed by atoms with Crippen LogP contribution < -0.4 is 15.8 Å². The molecule has 1 aliphatic rings. The first kappa shape index (κ1) is 22.6. The third kappa shape index (κ3) is 4.64. The van der Waals surface area contributed by atoms with Gasteiger partial charge < -0.3 is 31.0 Å². The second kappa shape index (κ2) is 9.13. The number of carbonyl (C=O) groups excluding carboxylic acids is 1. The Morgan fingerprint density at radius 3 is 2.70 bits per heavy atom. The minimum absolute atomic E-state index is 0.0479. The highest BCUT2D eigenvalue weighted by Gasteiger charge is 2.31. The van der Waals surface area contributed by atoms with E-state index in [0.717, 1.165) is 16.5 Å². The average molecular weight is 472 g/mol. The number of aromatic carboxylic acids is 1. The van der Waals surface area contributed by atoms with Gasteiger partial charge in [0.2, 0.25) is 5.91 Å². The molecule has 172 valence electrons. The van der Waals surface area contributed by atoms with Crippen molar-refractivity contribution in [1.29, 1.82) is 0 Å². The number of amides is 1. The molecule has 6 N–H and O–H groups in total. The third-order valence-corrected chi connectivity index (χ3v) is 5.92. The fraction of sp³-hybridized carbons (Fsp3) is 0.261. The molecular formula is C23H22ClN3O6. The molecule has 9 nitrogen and oxygen atoms in total. The normalized spacial score (nSPS) is 14.8. The lowest BCUT2D eigenvalue weighted by Gasteiger charge is -2.23. The summed E-state index contributed by atoms with van der Waals surface area (Å²) in [5.41, 5.74) is 8.93. The van der Waals surface area contributed by atoms with Crippen molar-refractivity contribution < 1.29 is 29.3 Å². The molecule has 1 aromatic heterocycles. The Bertz CT molecular complexity index is 1270. The van der Waals surface area contributed by atoms with E-state index in [0.29, 0.717) is 34.6 Å².